The van der Waals surface area contributed by atoms with Crippen LogP contribution in [0.15, 0.2) is 47.4 Å². The Hall–Kier alpha value is -2.38. The van der Waals surface area contributed by atoms with Gasteiger partial charge >= 0.3 is 6.09 Å². The van der Waals surface area contributed by atoms with Gasteiger partial charge in [-0.3, -0.25) is 4.90 Å². The highest BCUT2D eigenvalue weighted by Gasteiger charge is 2.37. The number of carbonyl (C=O) groups is 1. The fourth-order valence-electron chi connectivity index (χ4n) is 4.42. The van der Waals surface area contributed by atoms with Gasteiger partial charge in [-0.25, -0.2) is 13.2 Å². The van der Waals surface area contributed by atoms with Crippen molar-refractivity contribution >= 4 is 21.8 Å². The highest BCUT2D eigenvalue weighted by molar-refractivity contribution is 7.89. The molecule has 0 N–H and O–H groups in total. The maximum Gasteiger partial charge on any atom is 0.414 e. The van der Waals surface area contributed by atoms with E-state index in [9.17, 15) is 13.2 Å². The Bertz CT molecular complexity index is 1030. The van der Waals surface area contributed by atoms with E-state index in [0.717, 1.165) is 35.2 Å². The molecule has 1 amide bonds. The predicted octanol–water partition coefficient (Wildman–Crippen LogP) is 4.26. The quantitative estimate of drug-likeness (QED) is 0.714. The van der Waals surface area contributed by atoms with Gasteiger partial charge < -0.3 is 4.74 Å². The van der Waals surface area contributed by atoms with E-state index < -0.39 is 10.0 Å². The van der Waals surface area contributed by atoms with Gasteiger partial charge in [0.2, 0.25) is 10.0 Å². The van der Waals surface area contributed by atoms with Crippen LogP contribution in [0, 0.1) is 6.92 Å². The fourth-order valence-corrected chi connectivity index (χ4v) is 5.89. The second-order valence-corrected chi connectivity index (χ2v) is 9.97. The number of benzene rings is 2. The first kappa shape index (κ1) is 20.9. The van der Waals surface area contributed by atoms with Crippen LogP contribution in [-0.2, 0) is 27.8 Å². The number of anilines is 1. The standard InChI is InChI=1S/C23H28N2O4S/c1-3-5-18-8-10-21(11-9-18)30(27,28)24-14-12-20(13-15-24)25-22-17(2)6-4-7-19(22)16-29-23(25)26/h4,6-11,20H,3,5,12-16H2,1-2H3. The molecular formula is C23H28N2O4S. The number of cyclic esters (lactones) is 1. The molecule has 2 aromatic rings. The summed E-state index contributed by atoms with van der Waals surface area (Å²) in [5.41, 5.74) is 4.09. The summed E-state index contributed by atoms with van der Waals surface area (Å²) in [4.78, 5) is 14.6. The molecule has 0 aromatic heterocycles. The summed E-state index contributed by atoms with van der Waals surface area (Å²) in [6.45, 7) is 5.15. The second kappa shape index (κ2) is 8.40. The molecule has 2 heterocycles. The van der Waals surface area contributed by atoms with Crippen LogP contribution < -0.4 is 4.90 Å². The smallest absolute Gasteiger partial charge is 0.414 e. The minimum Gasteiger partial charge on any atom is -0.444 e. The molecule has 1 saturated heterocycles. The van der Waals surface area contributed by atoms with Crippen molar-refractivity contribution in [1.29, 1.82) is 0 Å². The van der Waals surface area contributed by atoms with Gasteiger partial charge in [-0.05, 0) is 49.4 Å². The van der Waals surface area contributed by atoms with Gasteiger partial charge in [0.25, 0.3) is 0 Å². The second-order valence-electron chi connectivity index (χ2n) is 8.04. The highest BCUT2D eigenvalue weighted by Crippen LogP contribution is 2.35. The van der Waals surface area contributed by atoms with Gasteiger partial charge in [0, 0.05) is 24.7 Å². The van der Waals surface area contributed by atoms with Crippen LogP contribution in [0.5, 0.6) is 0 Å². The van der Waals surface area contributed by atoms with E-state index in [1.54, 1.807) is 17.0 Å². The third kappa shape index (κ3) is 3.84. The number of para-hydroxylation sites is 1. The van der Waals surface area contributed by atoms with Crippen LogP contribution in [0.3, 0.4) is 0 Å². The Kier molecular flexibility index (Phi) is 5.84. The number of amides is 1. The van der Waals surface area contributed by atoms with Gasteiger partial charge in [0.15, 0.2) is 0 Å². The molecule has 2 aliphatic heterocycles. The molecule has 6 nitrogen and oxygen atoms in total. The van der Waals surface area contributed by atoms with Crippen molar-refractivity contribution in [2.45, 2.75) is 57.1 Å². The summed E-state index contributed by atoms with van der Waals surface area (Å²) in [6, 6.07) is 13.1. The SMILES string of the molecule is CCCc1ccc(S(=O)(=O)N2CCC(N3C(=O)OCc4cccc(C)c43)CC2)cc1. The number of piperidine rings is 1. The van der Waals surface area contributed by atoms with Crippen LogP contribution in [-0.4, -0.2) is 37.9 Å². The molecule has 4 rings (SSSR count). The zero-order valence-electron chi connectivity index (χ0n) is 17.5. The molecule has 1 fully saturated rings. The molecule has 0 unspecified atom stereocenters. The molecule has 0 atom stereocenters. The number of hydrogen-bond donors (Lipinski definition) is 0. The molecule has 2 aliphatic rings. The summed E-state index contributed by atoms with van der Waals surface area (Å²) in [5, 5.41) is 0. The van der Waals surface area contributed by atoms with E-state index >= 15 is 0 Å². The zero-order valence-corrected chi connectivity index (χ0v) is 18.3. The Morgan fingerprint density at radius 2 is 1.77 bits per heavy atom. The molecule has 30 heavy (non-hydrogen) atoms. The third-order valence-corrected chi connectivity index (χ3v) is 7.91. The predicted molar refractivity (Wildman–Crippen MR) is 116 cm³/mol. The molecule has 160 valence electrons. The van der Waals surface area contributed by atoms with Crippen molar-refractivity contribution in [2.24, 2.45) is 0 Å². The number of fused-ring (bicyclic) bond motifs is 1. The molecular weight excluding hydrogens is 400 g/mol. The van der Waals surface area contributed by atoms with Gasteiger partial charge in [-0.15, -0.1) is 0 Å². The number of carbonyl (C=O) groups excluding carboxylic acids is 1. The Balaban J connectivity index is 1.50. The fraction of sp³-hybridized carbons (Fsp3) is 0.435. The lowest BCUT2D eigenvalue weighted by atomic mass is 10.00. The van der Waals surface area contributed by atoms with Gasteiger partial charge in [0.1, 0.15) is 6.61 Å². The number of sulfonamides is 1. The molecule has 0 saturated carbocycles. The maximum absolute atomic E-state index is 13.1. The van der Waals surface area contributed by atoms with Crippen molar-refractivity contribution < 1.29 is 17.9 Å². The average Bonchev–Trinajstić information content (AvgIpc) is 2.75. The van der Waals surface area contributed by atoms with E-state index in [0.29, 0.717) is 30.8 Å². The van der Waals surface area contributed by atoms with Crippen molar-refractivity contribution in [2.75, 3.05) is 18.0 Å². The minimum absolute atomic E-state index is 0.0731. The van der Waals surface area contributed by atoms with Gasteiger partial charge in [-0.2, -0.15) is 4.31 Å². The molecule has 7 heteroatoms. The van der Waals surface area contributed by atoms with E-state index in [1.807, 2.05) is 37.3 Å². The largest absolute Gasteiger partial charge is 0.444 e. The van der Waals surface area contributed by atoms with Crippen molar-refractivity contribution in [3.8, 4) is 0 Å². The summed E-state index contributed by atoms with van der Waals surface area (Å²) in [5.74, 6) is 0. The van der Waals surface area contributed by atoms with E-state index in [-0.39, 0.29) is 18.7 Å². The van der Waals surface area contributed by atoms with E-state index in [4.69, 9.17) is 4.74 Å². The van der Waals surface area contributed by atoms with Crippen molar-refractivity contribution in [3.63, 3.8) is 0 Å². The molecule has 2 aromatic carbocycles. The Morgan fingerprint density at radius 3 is 2.43 bits per heavy atom. The summed E-state index contributed by atoms with van der Waals surface area (Å²) >= 11 is 0. The molecule has 0 radical (unpaired) electrons. The number of aryl methyl sites for hydroxylation is 2. The first-order chi connectivity index (χ1) is 14.4. The molecule has 0 bridgehead atoms. The Morgan fingerprint density at radius 1 is 1.07 bits per heavy atom. The summed E-state index contributed by atoms with van der Waals surface area (Å²) < 4.78 is 33.1. The number of nitrogens with zero attached hydrogens (tertiary/aromatic N) is 2. The lowest BCUT2D eigenvalue weighted by Crippen LogP contribution is -2.50. The zero-order chi connectivity index (χ0) is 21.3. The van der Waals surface area contributed by atoms with Crippen LogP contribution in [0.4, 0.5) is 10.5 Å². The third-order valence-electron chi connectivity index (χ3n) is 6.00. The van der Waals surface area contributed by atoms with Crippen molar-refractivity contribution in [1.82, 2.24) is 4.31 Å². The van der Waals surface area contributed by atoms with Crippen LogP contribution in [0.1, 0.15) is 42.9 Å². The Labute approximate surface area is 178 Å². The lowest BCUT2D eigenvalue weighted by molar-refractivity contribution is 0.135. The first-order valence-corrected chi connectivity index (χ1v) is 12.0. The van der Waals surface area contributed by atoms with E-state index in [2.05, 4.69) is 6.92 Å². The summed E-state index contributed by atoms with van der Waals surface area (Å²) in [6.07, 6.45) is 2.79. The molecule has 0 spiro atoms. The van der Waals surface area contributed by atoms with Crippen LogP contribution in [0.25, 0.3) is 0 Å². The topological polar surface area (TPSA) is 66.9 Å². The maximum atomic E-state index is 13.1. The molecule has 0 aliphatic carbocycles. The van der Waals surface area contributed by atoms with Crippen LogP contribution in [0.2, 0.25) is 0 Å². The van der Waals surface area contributed by atoms with E-state index in [1.165, 1.54) is 4.31 Å². The number of rotatable bonds is 5. The normalized spacial score (nSPS) is 18.2. The lowest BCUT2D eigenvalue weighted by Gasteiger charge is -2.40. The van der Waals surface area contributed by atoms with Gasteiger partial charge in [-0.1, -0.05) is 43.7 Å². The average molecular weight is 429 g/mol. The minimum atomic E-state index is -3.53. The number of hydrogen-bond acceptors (Lipinski definition) is 4. The first-order valence-electron chi connectivity index (χ1n) is 10.6. The van der Waals surface area contributed by atoms with Gasteiger partial charge in [0.05, 0.1) is 10.6 Å². The summed E-state index contributed by atoms with van der Waals surface area (Å²) in [7, 11) is -3.53. The van der Waals surface area contributed by atoms with Crippen LogP contribution >= 0.6 is 0 Å². The monoisotopic (exact) mass is 428 g/mol. The van der Waals surface area contributed by atoms with Crippen molar-refractivity contribution in [3.05, 3.63) is 59.2 Å². The highest BCUT2D eigenvalue weighted by atomic mass is 32.2. The number of ether oxygens (including phenoxy) is 1.